The summed E-state index contributed by atoms with van der Waals surface area (Å²) in [6.45, 7) is 2.20. The molecule has 7 nitrogen and oxygen atoms in total. The molecule has 0 saturated heterocycles. The molecule has 1 aliphatic heterocycles. The quantitative estimate of drug-likeness (QED) is 0.504. The molecule has 4 rings (SSSR count). The van der Waals surface area contributed by atoms with Crippen LogP contribution in [0.2, 0.25) is 0 Å². The Kier molecular flexibility index (Phi) is 5.63. The number of nitrogens with one attached hydrogen (secondary N) is 1. The molecule has 1 unspecified atom stereocenters. The van der Waals surface area contributed by atoms with Gasteiger partial charge in [-0.25, -0.2) is 0 Å². The highest BCUT2D eigenvalue weighted by atomic mass is 16.6. The summed E-state index contributed by atoms with van der Waals surface area (Å²) in [6.07, 6.45) is 2.99. The number of benzene rings is 2. The highest BCUT2D eigenvalue weighted by Gasteiger charge is 2.26. The number of carbonyl (C=O) groups is 1. The van der Waals surface area contributed by atoms with Crippen LogP contribution in [0.3, 0.4) is 0 Å². The molecule has 1 amide bonds. The van der Waals surface area contributed by atoms with Crippen molar-refractivity contribution in [3.05, 3.63) is 99.4 Å². The maximum atomic E-state index is 12.7. The molecule has 1 atom stereocenters. The van der Waals surface area contributed by atoms with Gasteiger partial charge in [0.15, 0.2) is 0 Å². The Bertz CT molecular complexity index is 1060. The molecular formula is C23H24N4O3. The molecule has 1 aromatic heterocycles. The molecule has 30 heavy (non-hydrogen) atoms. The fourth-order valence-electron chi connectivity index (χ4n) is 4.05. The molecule has 0 aliphatic carbocycles. The second-order valence-electron chi connectivity index (χ2n) is 7.56. The smallest absolute Gasteiger partial charge is 0.269 e. The predicted octanol–water partition coefficient (Wildman–Crippen LogP) is 3.46. The summed E-state index contributed by atoms with van der Waals surface area (Å²) in [5, 5.41) is 13.8. The first-order valence-corrected chi connectivity index (χ1v) is 9.97. The summed E-state index contributed by atoms with van der Waals surface area (Å²) >= 11 is 0. The Labute approximate surface area is 175 Å². The Morgan fingerprint density at radius 2 is 1.83 bits per heavy atom. The monoisotopic (exact) mass is 404 g/mol. The number of nitro benzene ring substituents is 1. The van der Waals surface area contributed by atoms with Crippen LogP contribution in [0.25, 0.3) is 0 Å². The van der Waals surface area contributed by atoms with E-state index in [-0.39, 0.29) is 17.6 Å². The van der Waals surface area contributed by atoms with Crippen molar-refractivity contribution in [2.24, 2.45) is 7.05 Å². The third-order valence-corrected chi connectivity index (χ3v) is 5.72. The van der Waals surface area contributed by atoms with Gasteiger partial charge in [0.2, 0.25) is 0 Å². The van der Waals surface area contributed by atoms with Crippen LogP contribution in [0.15, 0.2) is 66.9 Å². The number of aromatic nitrogens is 1. The van der Waals surface area contributed by atoms with E-state index in [1.165, 1.54) is 35.4 Å². The van der Waals surface area contributed by atoms with Crippen LogP contribution in [-0.4, -0.2) is 33.4 Å². The van der Waals surface area contributed by atoms with Crippen molar-refractivity contribution in [2.75, 3.05) is 13.1 Å². The minimum absolute atomic E-state index is 0.0276. The highest BCUT2D eigenvalue weighted by molar-refractivity contribution is 5.94. The summed E-state index contributed by atoms with van der Waals surface area (Å²) in [4.78, 5) is 25.4. The molecule has 2 aromatic carbocycles. The largest absolute Gasteiger partial charge is 0.353 e. The number of carbonyl (C=O) groups excluding carboxylic acids is 1. The highest BCUT2D eigenvalue weighted by Crippen LogP contribution is 2.27. The molecule has 0 spiro atoms. The van der Waals surface area contributed by atoms with Crippen molar-refractivity contribution in [1.82, 2.24) is 14.8 Å². The van der Waals surface area contributed by atoms with E-state index < -0.39 is 4.92 Å². The van der Waals surface area contributed by atoms with Crippen LogP contribution >= 0.6 is 0 Å². The number of nitro groups is 1. The molecule has 1 aliphatic rings. The van der Waals surface area contributed by atoms with Gasteiger partial charge >= 0.3 is 0 Å². The Hall–Kier alpha value is -3.45. The maximum absolute atomic E-state index is 12.7. The van der Waals surface area contributed by atoms with Gasteiger partial charge in [-0.1, -0.05) is 24.3 Å². The van der Waals surface area contributed by atoms with Crippen LogP contribution in [0, 0.1) is 10.1 Å². The fourth-order valence-corrected chi connectivity index (χ4v) is 4.05. The first-order chi connectivity index (χ1) is 14.5. The molecule has 154 valence electrons. The van der Waals surface area contributed by atoms with E-state index in [1.54, 1.807) is 0 Å². The molecule has 0 bridgehead atoms. The summed E-state index contributed by atoms with van der Waals surface area (Å²) < 4.78 is 2.09. The van der Waals surface area contributed by atoms with Crippen LogP contribution in [0.5, 0.6) is 0 Å². The Morgan fingerprint density at radius 1 is 1.10 bits per heavy atom. The van der Waals surface area contributed by atoms with Crippen molar-refractivity contribution < 1.29 is 9.72 Å². The lowest BCUT2D eigenvalue weighted by Crippen LogP contribution is -2.41. The van der Waals surface area contributed by atoms with Crippen LogP contribution < -0.4 is 5.32 Å². The van der Waals surface area contributed by atoms with E-state index in [0.29, 0.717) is 12.1 Å². The summed E-state index contributed by atoms with van der Waals surface area (Å²) in [5.41, 5.74) is 4.23. The zero-order valence-corrected chi connectivity index (χ0v) is 16.8. The molecule has 2 heterocycles. The number of aryl methyl sites for hydroxylation is 1. The van der Waals surface area contributed by atoms with E-state index >= 15 is 0 Å². The van der Waals surface area contributed by atoms with E-state index in [4.69, 9.17) is 0 Å². The van der Waals surface area contributed by atoms with E-state index in [2.05, 4.69) is 45.1 Å². The zero-order chi connectivity index (χ0) is 21.1. The number of nitrogens with zero attached hydrogens (tertiary/aromatic N) is 3. The zero-order valence-electron chi connectivity index (χ0n) is 16.8. The van der Waals surface area contributed by atoms with Gasteiger partial charge in [-0.2, -0.15) is 0 Å². The number of non-ortho nitro benzene ring substituents is 1. The lowest BCUT2D eigenvalue weighted by Gasteiger charge is -2.36. The van der Waals surface area contributed by atoms with Gasteiger partial charge in [0.25, 0.3) is 11.6 Å². The average molecular weight is 404 g/mol. The Morgan fingerprint density at radius 3 is 2.50 bits per heavy atom. The number of fused-ring (bicyclic) bond motifs is 1. The molecule has 7 heteroatoms. The van der Waals surface area contributed by atoms with Gasteiger partial charge in [-0.15, -0.1) is 0 Å². The lowest BCUT2D eigenvalue weighted by molar-refractivity contribution is -0.384. The van der Waals surface area contributed by atoms with Crippen molar-refractivity contribution in [2.45, 2.75) is 19.0 Å². The number of hydrogen-bond donors (Lipinski definition) is 1. The summed E-state index contributed by atoms with van der Waals surface area (Å²) in [6, 6.07) is 18.3. The third kappa shape index (κ3) is 4.11. The minimum atomic E-state index is -0.471. The van der Waals surface area contributed by atoms with Crippen LogP contribution in [-0.2, 0) is 20.0 Å². The Balaban J connectivity index is 1.51. The normalized spacial score (nSPS) is 14.7. The van der Waals surface area contributed by atoms with Crippen molar-refractivity contribution in [1.29, 1.82) is 0 Å². The molecule has 3 aromatic rings. The van der Waals surface area contributed by atoms with Gasteiger partial charge in [0, 0.05) is 56.3 Å². The SMILES string of the molecule is Cn1cccc1C(CNC(=O)c1ccc([N+](=O)[O-])cc1)N1CCc2ccccc2C1. The van der Waals surface area contributed by atoms with Crippen molar-refractivity contribution >= 4 is 11.6 Å². The lowest BCUT2D eigenvalue weighted by atomic mass is 9.97. The average Bonchev–Trinajstić information content (AvgIpc) is 3.19. The molecule has 1 N–H and O–H groups in total. The standard InChI is InChI=1S/C23H24N4O3/c1-25-13-4-7-21(25)22(26-14-12-17-5-2-3-6-19(17)16-26)15-24-23(28)18-8-10-20(11-9-18)27(29)30/h2-11,13,22H,12,14-16H2,1H3,(H,24,28). The van der Waals surface area contributed by atoms with Gasteiger partial charge in [0.05, 0.1) is 11.0 Å². The third-order valence-electron chi connectivity index (χ3n) is 5.72. The topological polar surface area (TPSA) is 80.4 Å². The fraction of sp³-hybridized carbons (Fsp3) is 0.261. The van der Waals surface area contributed by atoms with E-state index in [1.807, 2.05) is 19.3 Å². The van der Waals surface area contributed by atoms with E-state index in [9.17, 15) is 14.9 Å². The summed E-state index contributed by atoms with van der Waals surface area (Å²) in [7, 11) is 2.01. The van der Waals surface area contributed by atoms with Gasteiger partial charge in [0.1, 0.15) is 0 Å². The van der Waals surface area contributed by atoms with Crippen molar-refractivity contribution in [3.63, 3.8) is 0 Å². The van der Waals surface area contributed by atoms with Gasteiger partial charge < -0.3 is 9.88 Å². The number of hydrogen-bond acceptors (Lipinski definition) is 4. The molecule has 0 saturated carbocycles. The molecule has 0 radical (unpaired) electrons. The predicted molar refractivity (Wildman–Crippen MR) is 114 cm³/mol. The van der Waals surface area contributed by atoms with Gasteiger partial charge in [-0.3, -0.25) is 19.8 Å². The number of amides is 1. The summed E-state index contributed by atoms with van der Waals surface area (Å²) in [5.74, 6) is -0.235. The number of rotatable bonds is 6. The van der Waals surface area contributed by atoms with Gasteiger partial charge in [-0.05, 0) is 41.8 Å². The van der Waals surface area contributed by atoms with E-state index in [0.717, 1.165) is 25.2 Å². The first kappa shape index (κ1) is 19.8. The first-order valence-electron chi connectivity index (χ1n) is 9.97. The molecule has 0 fully saturated rings. The van der Waals surface area contributed by atoms with Crippen LogP contribution in [0.1, 0.15) is 33.2 Å². The van der Waals surface area contributed by atoms with Crippen molar-refractivity contribution in [3.8, 4) is 0 Å². The minimum Gasteiger partial charge on any atom is -0.353 e. The van der Waals surface area contributed by atoms with Crippen LogP contribution in [0.4, 0.5) is 5.69 Å². The molecular weight excluding hydrogens is 380 g/mol. The maximum Gasteiger partial charge on any atom is 0.269 e. The second kappa shape index (κ2) is 8.51. The second-order valence-corrected chi connectivity index (χ2v) is 7.56.